The zero-order valence-corrected chi connectivity index (χ0v) is 16.7. The van der Waals surface area contributed by atoms with Crippen LogP contribution < -0.4 is 88.7 Å². The van der Waals surface area contributed by atoms with E-state index in [1.165, 1.54) is 0 Å². The van der Waals surface area contributed by atoms with E-state index in [4.69, 9.17) is 20.4 Å². The van der Waals surface area contributed by atoms with Crippen molar-refractivity contribution >= 4 is 17.9 Å². The van der Waals surface area contributed by atoms with Gasteiger partial charge >= 0.3 is 114 Å². The summed E-state index contributed by atoms with van der Waals surface area (Å²) < 4.78 is 0. The fraction of sp³-hybridized carbons (Fsp3) is 0.429. The van der Waals surface area contributed by atoms with Crippen LogP contribution in [0.1, 0.15) is 12.8 Å². The fourth-order valence-corrected chi connectivity index (χ4v) is 0.714. The van der Waals surface area contributed by atoms with E-state index in [-0.39, 0.29) is 107 Å². The molecule has 0 rings (SSSR count). The maximum Gasteiger partial charge on any atom is 4.00 e. The molecule has 0 saturated carbocycles. The second-order valence-corrected chi connectivity index (χ2v) is 2.48. The summed E-state index contributed by atoms with van der Waals surface area (Å²) in [5, 5.41) is 33.8. The predicted molar refractivity (Wildman–Crippen MR) is 41.7 cm³/mol. The minimum atomic E-state index is -2.74. The molecule has 12 heteroatoms. The molecular formula is C7H8Na3O9+3. The summed E-state index contributed by atoms with van der Waals surface area (Å²) in [6, 6.07) is 0. The first kappa shape index (κ1) is 42.7. The number of carbonyl (C=O) groups is 3. The molecule has 0 unspecified atom stereocenters. The molecule has 0 bridgehead atoms. The van der Waals surface area contributed by atoms with Crippen molar-refractivity contribution in [1.29, 1.82) is 0 Å². The van der Waals surface area contributed by atoms with Gasteiger partial charge in [0.2, 0.25) is 0 Å². The average Bonchev–Trinajstić information content (AvgIpc) is 1.82. The Morgan fingerprint density at radius 3 is 1.11 bits per heavy atom. The number of carboxylic acids is 3. The molecule has 0 spiro atoms. The van der Waals surface area contributed by atoms with Crippen molar-refractivity contribution in [1.82, 2.24) is 0 Å². The minimum Gasteiger partial charge on any atom is -2.00 e. The summed E-state index contributed by atoms with van der Waals surface area (Å²) in [5.41, 5.74) is -2.74. The summed E-state index contributed by atoms with van der Waals surface area (Å²) in [5.74, 6) is -5.02. The van der Waals surface area contributed by atoms with Crippen molar-refractivity contribution in [2.45, 2.75) is 18.4 Å². The molecule has 0 amide bonds. The largest absolute Gasteiger partial charge is 4.00 e. The SMILES string of the molecule is O=C(O)CC(O)(CC(=O)O)C(=O)O.[C+4].[Na+].[Na+].[Na+].[O-2].[O-2]. The molecule has 4 N–H and O–H groups in total. The molecule has 9 nitrogen and oxygen atoms in total. The zero-order chi connectivity index (χ0) is 10.6. The van der Waals surface area contributed by atoms with E-state index in [1.807, 2.05) is 0 Å². The Morgan fingerprint density at radius 1 is 0.789 bits per heavy atom. The topological polar surface area (TPSA) is 189 Å². The van der Waals surface area contributed by atoms with Crippen LogP contribution in [0.3, 0.4) is 0 Å². The van der Waals surface area contributed by atoms with Crippen LogP contribution in [0.2, 0.25) is 0 Å². The first-order valence-electron chi connectivity index (χ1n) is 3.17. The summed E-state index contributed by atoms with van der Waals surface area (Å²) in [4.78, 5) is 30.5. The van der Waals surface area contributed by atoms with Gasteiger partial charge in [-0.05, 0) is 0 Å². The molecule has 0 aliphatic rings. The van der Waals surface area contributed by atoms with E-state index in [1.54, 1.807) is 0 Å². The Morgan fingerprint density at radius 2 is 1.00 bits per heavy atom. The van der Waals surface area contributed by atoms with Crippen molar-refractivity contribution in [2.75, 3.05) is 0 Å². The van der Waals surface area contributed by atoms with Crippen LogP contribution in [-0.4, -0.2) is 43.9 Å². The molecule has 0 aliphatic heterocycles. The van der Waals surface area contributed by atoms with Crippen molar-refractivity contribution in [3.05, 3.63) is 7.43 Å². The third-order valence-electron chi connectivity index (χ3n) is 1.29. The number of carboxylic acid groups (broad SMARTS) is 3. The second kappa shape index (κ2) is 19.3. The molecule has 19 heavy (non-hydrogen) atoms. The van der Waals surface area contributed by atoms with Gasteiger partial charge in [-0.1, -0.05) is 0 Å². The molecular weight excluding hydrogens is 297 g/mol. The van der Waals surface area contributed by atoms with Gasteiger partial charge in [-0.25, -0.2) is 4.79 Å². The molecule has 90 valence electrons. The van der Waals surface area contributed by atoms with Crippen LogP contribution in [0, 0.1) is 7.43 Å². The van der Waals surface area contributed by atoms with E-state index in [0.717, 1.165) is 0 Å². The van der Waals surface area contributed by atoms with E-state index < -0.39 is 36.4 Å². The van der Waals surface area contributed by atoms with Crippen molar-refractivity contribution in [2.24, 2.45) is 0 Å². The van der Waals surface area contributed by atoms with Gasteiger partial charge in [0.15, 0.2) is 5.60 Å². The number of rotatable bonds is 5. The first-order valence-corrected chi connectivity index (χ1v) is 3.17. The van der Waals surface area contributed by atoms with Gasteiger partial charge in [0.1, 0.15) is 0 Å². The molecule has 0 saturated heterocycles. The number of aliphatic carboxylic acids is 3. The van der Waals surface area contributed by atoms with Crippen LogP contribution in [0.5, 0.6) is 0 Å². The smallest absolute Gasteiger partial charge is 2.00 e. The van der Waals surface area contributed by atoms with Crippen LogP contribution in [0.25, 0.3) is 0 Å². The number of hydrogen-bond acceptors (Lipinski definition) is 4. The van der Waals surface area contributed by atoms with Crippen LogP contribution in [0.15, 0.2) is 0 Å². The molecule has 0 aromatic carbocycles. The van der Waals surface area contributed by atoms with E-state index in [9.17, 15) is 14.4 Å². The first-order chi connectivity index (χ1) is 5.78. The van der Waals surface area contributed by atoms with E-state index >= 15 is 0 Å². The van der Waals surface area contributed by atoms with Crippen molar-refractivity contribution in [3.63, 3.8) is 0 Å². The maximum atomic E-state index is 10.3. The average molecular weight is 305 g/mol. The minimum absolute atomic E-state index is 0. The number of hydrogen-bond donors (Lipinski definition) is 4. The summed E-state index contributed by atoms with van der Waals surface area (Å²) in [6.07, 6.45) is -2.29. The molecule has 0 fully saturated rings. The Hall–Kier alpha value is 1.29. The molecule has 0 aromatic heterocycles. The third kappa shape index (κ3) is 19.3. The standard InChI is InChI=1S/C6H8O7.C.3Na.2O/c7-3(8)1-6(13,5(11)12)2-4(9)10;;;;;;/h13H,1-2H2,(H,7,8)(H,9,10)(H,11,12);;;;;;/q;+4;3*+1;2*-2. The second-order valence-electron chi connectivity index (χ2n) is 2.48. The third-order valence-corrected chi connectivity index (χ3v) is 1.29. The summed E-state index contributed by atoms with van der Waals surface area (Å²) >= 11 is 0. The summed E-state index contributed by atoms with van der Waals surface area (Å²) in [6.45, 7) is 0. The van der Waals surface area contributed by atoms with Gasteiger partial charge in [0.25, 0.3) is 0 Å². The maximum absolute atomic E-state index is 10.3. The summed E-state index contributed by atoms with van der Waals surface area (Å²) in [7, 11) is 0. The van der Waals surface area contributed by atoms with Crippen molar-refractivity contribution < 1.29 is 134 Å². The number of aliphatic hydroxyl groups is 1. The molecule has 0 aromatic rings. The Labute approximate surface area is 176 Å². The van der Waals surface area contributed by atoms with E-state index in [2.05, 4.69) is 0 Å². The van der Waals surface area contributed by atoms with Crippen LogP contribution in [-0.2, 0) is 25.3 Å². The van der Waals surface area contributed by atoms with Crippen molar-refractivity contribution in [3.8, 4) is 0 Å². The monoisotopic (exact) mass is 305 g/mol. The van der Waals surface area contributed by atoms with Gasteiger partial charge in [0.05, 0.1) is 12.8 Å². The Bertz CT molecular complexity index is 242. The zero-order valence-electron chi connectivity index (χ0n) is 10.7. The van der Waals surface area contributed by atoms with Gasteiger partial charge in [-0.3, -0.25) is 9.59 Å². The van der Waals surface area contributed by atoms with Crippen LogP contribution in [0.4, 0.5) is 0 Å². The quantitative estimate of drug-likeness (QED) is 0.362. The van der Waals surface area contributed by atoms with E-state index in [0.29, 0.717) is 0 Å². The van der Waals surface area contributed by atoms with Gasteiger partial charge in [-0.15, -0.1) is 0 Å². The van der Waals surface area contributed by atoms with Gasteiger partial charge < -0.3 is 31.4 Å². The predicted octanol–water partition coefficient (Wildman–Crippen LogP) is -10.4. The molecule has 0 heterocycles. The molecule has 0 atom stereocenters. The molecule has 0 aliphatic carbocycles. The van der Waals surface area contributed by atoms with Gasteiger partial charge in [-0.2, -0.15) is 0 Å². The normalized spacial score (nSPS) is 7.42. The molecule has 0 radical (unpaired) electrons. The van der Waals surface area contributed by atoms with Gasteiger partial charge in [0, 0.05) is 0 Å². The fourth-order valence-electron chi connectivity index (χ4n) is 0.714. The van der Waals surface area contributed by atoms with Crippen LogP contribution >= 0.6 is 0 Å². The Balaban J connectivity index is -0.0000000480. The Kier molecular flexibility index (Phi) is 43.4.